The molecular weight excluding hydrogens is 300 g/mol. The van der Waals surface area contributed by atoms with Gasteiger partial charge in [-0.25, -0.2) is 0 Å². The number of carboxylic acids is 2. The van der Waals surface area contributed by atoms with E-state index >= 15 is 0 Å². The van der Waals surface area contributed by atoms with Gasteiger partial charge in [-0.2, -0.15) is 0 Å². The normalized spacial score (nSPS) is 10.3. The molecule has 0 aliphatic carbocycles. The van der Waals surface area contributed by atoms with Gasteiger partial charge < -0.3 is 10.2 Å². The molecule has 0 spiro atoms. The van der Waals surface area contributed by atoms with Crippen LogP contribution < -0.4 is 0 Å². The minimum absolute atomic E-state index is 0.458. The van der Waals surface area contributed by atoms with Gasteiger partial charge >= 0.3 is 11.9 Å². The molecule has 0 saturated heterocycles. The van der Waals surface area contributed by atoms with Gasteiger partial charge in [-0.15, -0.1) is 0 Å². The van der Waals surface area contributed by atoms with Crippen molar-refractivity contribution in [3.05, 3.63) is 42.9 Å². The molecule has 1 aromatic carbocycles. The van der Waals surface area contributed by atoms with Crippen LogP contribution in [0.15, 0.2) is 12.1 Å². The Labute approximate surface area is 114 Å². The van der Waals surface area contributed by atoms with Crippen molar-refractivity contribution in [2.45, 2.75) is 5.92 Å². The highest BCUT2D eigenvalue weighted by atomic mass is 35.5. The molecule has 106 valence electrons. The maximum absolute atomic E-state index is 10.9. The average molecular weight is 305 g/mol. The van der Waals surface area contributed by atoms with Crippen LogP contribution in [0.5, 0.6) is 0 Å². The Morgan fingerprint density at radius 2 is 1.60 bits per heavy atom. The molecule has 0 radical (unpaired) electrons. The second-order valence-corrected chi connectivity index (χ2v) is 3.89. The van der Waals surface area contributed by atoms with E-state index in [9.17, 15) is 29.8 Å². The van der Waals surface area contributed by atoms with Crippen LogP contribution in [0.2, 0.25) is 5.02 Å². The number of hydrogen-bond acceptors (Lipinski definition) is 6. The van der Waals surface area contributed by atoms with E-state index in [-0.39, 0.29) is 0 Å². The number of nitro benzene ring substituents is 2. The number of nitrogens with zero attached hydrogens (tertiary/aromatic N) is 2. The van der Waals surface area contributed by atoms with Gasteiger partial charge in [0.2, 0.25) is 0 Å². The summed E-state index contributed by atoms with van der Waals surface area (Å²) in [5, 5.41) is 38.3. The van der Waals surface area contributed by atoms with E-state index in [1.54, 1.807) is 0 Å². The first-order valence-corrected chi connectivity index (χ1v) is 5.12. The third kappa shape index (κ3) is 2.80. The number of halogens is 1. The van der Waals surface area contributed by atoms with E-state index in [0.29, 0.717) is 12.1 Å². The highest BCUT2D eigenvalue weighted by molar-refractivity contribution is 6.32. The monoisotopic (exact) mass is 304 g/mol. The molecule has 0 unspecified atom stereocenters. The van der Waals surface area contributed by atoms with Crippen LogP contribution in [0.25, 0.3) is 0 Å². The zero-order valence-corrected chi connectivity index (χ0v) is 10.1. The Morgan fingerprint density at radius 1 is 1.10 bits per heavy atom. The molecule has 0 aromatic heterocycles. The van der Waals surface area contributed by atoms with Crippen LogP contribution in [0, 0.1) is 20.2 Å². The van der Waals surface area contributed by atoms with E-state index in [1.807, 2.05) is 0 Å². The summed E-state index contributed by atoms with van der Waals surface area (Å²) < 4.78 is 0. The number of carbonyl (C=O) groups is 2. The average Bonchev–Trinajstić information content (AvgIpc) is 2.29. The van der Waals surface area contributed by atoms with Crippen molar-refractivity contribution in [3.63, 3.8) is 0 Å². The third-order valence-corrected chi connectivity index (χ3v) is 2.60. The number of benzene rings is 1. The molecular formula is C9H5ClN2O8. The second-order valence-electron chi connectivity index (χ2n) is 3.48. The van der Waals surface area contributed by atoms with Gasteiger partial charge in [-0.1, -0.05) is 11.6 Å². The fraction of sp³-hybridized carbons (Fsp3) is 0.111. The van der Waals surface area contributed by atoms with Crippen molar-refractivity contribution >= 4 is 34.9 Å². The van der Waals surface area contributed by atoms with Gasteiger partial charge in [0.25, 0.3) is 11.4 Å². The lowest BCUT2D eigenvalue weighted by molar-refractivity contribution is -0.394. The molecule has 0 fully saturated rings. The molecule has 20 heavy (non-hydrogen) atoms. The van der Waals surface area contributed by atoms with E-state index in [0.717, 1.165) is 0 Å². The van der Waals surface area contributed by atoms with Crippen molar-refractivity contribution in [3.8, 4) is 0 Å². The quantitative estimate of drug-likeness (QED) is 0.468. The smallest absolute Gasteiger partial charge is 0.322 e. The van der Waals surface area contributed by atoms with Crippen LogP contribution in [-0.2, 0) is 9.59 Å². The molecule has 2 N–H and O–H groups in total. The molecule has 0 aliphatic rings. The van der Waals surface area contributed by atoms with Crippen molar-refractivity contribution in [1.82, 2.24) is 0 Å². The highest BCUT2D eigenvalue weighted by Gasteiger charge is 2.38. The van der Waals surface area contributed by atoms with Crippen molar-refractivity contribution < 1.29 is 29.6 Å². The van der Waals surface area contributed by atoms with Crippen LogP contribution in [0.1, 0.15) is 11.5 Å². The van der Waals surface area contributed by atoms with Gasteiger partial charge in [-0.05, 0) is 0 Å². The van der Waals surface area contributed by atoms with E-state index < -0.39 is 49.7 Å². The Kier molecular flexibility index (Phi) is 4.20. The lowest BCUT2D eigenvalue weighted by Gasteiger charge is -2.10. The molecule has 10 nitrogen and oxygen atoms in total. The summed E-state index contributed by atoms with van der Waals surface area (Å²) in [6, 6.07) is 1.11. The van der Waals surface area contributed by atoms with Crippen LogP contribution in [0.4, 0.5) is 11.4 Å². The molecule has 1 aromatic rings. The zero-order chi connectivity index (χ0) is 15.6. The fourth-order valence-corrected chi connectivity index (χ4v) is 1.80. The Morgan fingerprint density at radius 3 is 1.95 bits per heavy atom. The lowest BCUT2D eigenvalue weighted by Crippen LogP contribution is -2.22. The van der Waals surface area contributed by atoms with Gasteiger partial charge in [0, 0.05) is 6.07 Å². The summed E-state index contributed by atoms with van der Waals surface area (Å²) in [6.07, 6.45) is 0. The second kappa shape index (κ2) is 5.48. The summed E-state index contributed by atoms with van der Waals surface area (Å²) in [5.74, 6) is -6.06. The SMILES string of the molecule is O=C(O)C(C(=O)O)c1c(Cl)cc([N+](=O)[O-])cc1[N+](=O)[O-]. The standard InChI is InChI=1S/C9H5ClN2O8/c10-4-1-3(11(17)18)2-5(12(19)20)6(4)7(8(13)14)9(15)16/h1-2,7H,(H,13,14)(H,15,16). The van der Waals surface area contributed by atoms with Gasteiger partial charge in [0.15, 0.2) is 5.92 Å². The predicted octanol–water partition coefficient (Wildman–Crippen LogP) is 1.41. The van der Waals surface area contributed by atoms with E-state index in [4.69, 9.17) is 21.8 Å². The van der Waals surface area contributed by atoms with E-state index in [1.165, 1.54) is 0 Å². The minimum atomic E-state index is -2.30. The van der Waals surface area contributed by atoms with Gasteiger partial charge in [-0.3, -0.25) is 29.8 Å². The number of rotatable bonds is 5. The van der Waals surface area contributed by atoms with Crippen LogP contribution in [-0.4, -0.2) is 32.0 Å². The molecule has 1 rings (SSSR count). The molecule has 0 bridgehead atoms. The van der Waals surface area contributed by atoms with Crippen LogP contribution >= 0.6 is 11.6 Å². The largest absolute Gasteiger partial charge is 0.480 e. The first-order valence-electron chi connectivity index (χ1n) is 4.74. The summed E-state index contributed by atoms with van der Waals surface area (Å²) in [5.41, 5.74) is -2.61. The van der Waals surface area contributed by atoms with Gasteiger partial charge in [0.1, 0.15) is 0 Å². The number of aliphatic carboxylic acids is 2. The number of non-ortho nitro benzene ring substituents is 1. The number of nitro groups is 2. The molecule has 0 heterocycles. The Bertz CT molecular complexity index is 615. The van der Waals surface area contributed by atoms with E-state index in [2.05, 4.69) is 0 Å². The summed E-state index contributed by atoms with van der Waals surface area (Å²) in [7, 11) is 0. The Balaban J connectivity index is 3.68. The molecule has 11 heteroatoms. The summed E-state index contributed by atoms with van der Waals surface area (Å²) in [4.78, 5) is 41.1. The summed E-state index contributed by atoms with van der Waals surface area (Å²) in [6.45, 7) is 0. The molecule has 0 aliphatic heterocycles. The van der Waals surface area contributed by atoms with Crippen molar-refractivity contribution in [2.75, 3.05) is 0 Å². The molecule has 0 amide bonds. The van der Waals surface area contributed by atoms with Crippen LogP contribution in [0.3, 0.4) is 0 Å². The third-order valence-electron chi connectivity index (χ3n) is 2.28. The number of hydrogen-bond donors (Lipinski definition) is 2. The minimum Gasteiger partial charge on any atom is -0.480 e. The Hall–Kier alpha value is -2.75. The zero-order valence-electron chi connectivity index (χ0n) is 9.35. The van der Waals surface area contributed by atoms with Gasteiger partial charge in [0.05, 0.1) is 26.5 Å². The van der Waals surface area contributed by atoms with Crippen molar-refractivity contribution in [1.29, 1.82) is 0 Å². The predicted molar refractivity (Wildman–Crippen MR) is 62.8 cm³/mol. The maximum Gasteiger partial charge on any atom is 0.322 e. The first kappa shape index (κ1) is 15.3. The number of carboxylic acid groups (broad SMARTS) is 2. The molecule has 0 atom stereocenters. The molecule has 0 saturated carbocycles. The highest BCUT2D eigenvalue weighted by Crippen LogP contribution is 2.37. The lowest BCUT2D eigenvalue weighted by atomic mass is 9.97. The first-order chi connectivity index (χ1) is 9.16. The fourth-order valence-electron chi connectivity index (χ4n) is 1.48. The van der Waals surface area contributed by atoms with Crippen molar-refractivity contribution in [2.24, 2.45) is 0 Å². The summed E-state index contributed by atoms with van der Waals surface area (Å²) >= 11 is 5.57. The topological polar surface area (TPSA) is 161 Å². The maximum atomic E-state index is 10.9.